The lowest BCUT2D eigenvalue weighted by atomic mass is 9.86. The molecule has 1 aliphatic carbocycles. The molecular formula is C14H24O2. The maximum Gasteiger partial charge on any atom is 0.333 e. The van der Waals surface area contributed by atoms with E-state index >= 15 is 0 Å². The highest BCUT2D eigenvalue weighted by Crippen LogP contribution is 2.27. The Morgan fingerprint density at radius 3 is 2.62 bits per heavy atom. The van der Waals surface area contributed by atoms with Gasteiger partial charge in [-0.1, -0.05) is 44.6 Å². The first-order valence-electron chi connectivity index (χ1n) is 6.49. The standard InChI is InChI=1S/C14H24O2/c1-12(14(15)16-2)8-6-7-11-13-9-4-3-5-10-13/h8,13H,3-7,9-11H2,1-2H3/b12-8+. The van der Waals surface area contributed by atoms with Gasteiger partial charge in [-0.3, -0.25) is 0 Å². The zero-order chi connectivity index (χ0) is 11.8. The summed E-state index contributed by atoms with van der Waals surface area (Å²) in [5.74, 6) is 0.748. The molecule has 16 heavy (non-hydrogen) atoms. The smallest absolute Gasteiger partial charge is 0.333 e. The van der Waals surface area contributed by atoms with Crippen molar-refractivity contribution in [2.75, 3.05) is 7.11 Å². The van der Waals surface area contributed by atoms with E-state index in [9.17, 15) is 4.79 Å². The molecule has 1 saturated carbocycles. The number of esters is 1. The minimum atomic E-state index is -0.197. The maximum atomic E-state index is 11.1. The van der Waals surface area contributed by atoms with Crippen molar-refractivity contribution in [1.29, 1.82) is 0 Å². The van der Waals surface area contributed by atoms with Crippen LogP contribution in [0, 0.1) is 5.92 Å². The van der Waals surface area contributed by atoms with E-state index in [1.54, 1.807) is 0 Å². The van der Waals surface area contributed by atoms with Crippen LogP contribution in [0.3, 0.4) is 0 Å². The van der Waals surface area contributed by atoms with Crippen molar-refractivity contribution >= 4 is 5.97 Å². The number of hydrogen-bond acceptors (Lipinski definition) is 2. The van der Waals surface area contributed by atoms with E-state index in [1.807, 2.05) is 13.0 Å². The highest BCUT2D eigenvalue weighted by Gasteiger charge is 2.12. The largest absolute Gasteiger partial charge is 0.466 e. The monoisotopic (exact) mass is 224 g/mol. The summed E-state index contributed by atoms with van der Waals surface area (Å²) in [7, 11) is 1.43. The van der Waals surface area contributed by atoms with Crippen molar-refractivity contribution in [3.8, 4) is 0 Å². The Morgan fingerprint density at radius 1 is 1.31 bits per heavy atom. The van der Waals surface area contributed by atoms with Crippen molar-refractivity contribution in [3.63, 3.8) is 0 Å². The van der Waals surface area contributed by atoms with Gasteiger partial charge in [-0.05, 0) is 25.7 Å². The summed E-state index contributed by atoms with van der Waals surface area (Å²) in [6.07, 6.45) is 12.6. The summed E-state index contributed by atoms with van der Waals surface area (Å²) in [6.45, 7) is 1.83. The number of hydrogen-bond donors (Lipinski definition) is 0. The SMILES string of the molecule is COC(=O)/C(C)=C/CCCC1CCCCC1. The Bertz CT molecular complexity index is 237. The average molecular weight is 224 g/mol. The van der Waals surface area contributed by atoms with Gasteiger partial charge in [-0.25, -0.2) is 4.79 Å². The van der Waals surface area contributed by atoms with Crippen LogP contribution in [0.5, 0.6) is 0 Å². The average Bonchev–Trinajstić information content (AvgIpc) is 2.34. The van der Waals surface area contributed by atoms with Gasteiger partial charge >= 0.3 is 5.97 Å². The molecule has 0 heterocycles. The van der Waals surface area contributed by atoms with Crippen molar-refractivity contribution < 1.29 is 9.53 Å². The second-order valence-electron chi connectivity index (χ2n) is 4.81. The lowest BCUT2D eigenvalue weighted by molar-refractivity contribution is -0.136. The second kappa shape index (κ2) is 7.48. The molecule has 0 spiro atoms. The minimum Gasteiger partial charge on any atom is -0.466 e. The summed E-state index contributed by atoms with van der Waals surface area (Å²) in [5.41, 5.74) is 0.742. The van der Waals surface area contributed by atoms with Crippen molar-refractivity contribution in [1.82, 2.24) is 0 Å². The summed E-state index contributed by atoms with van der Waals surface area (Å²) in [4.78, 5) is 11.1. The van der Waals surface area contributed by atoms with Crippen molar-refractivity contribution in [2.45, 2.75) is 58.3 Å². The van der Waals surface area contributed by atoms with Crippen LogP contribution in [0.25, 0.3) is 0 Å². The van der Waals surface area contributed by atoms with E-state index in [4.69, 9.17) is 0 Å². The molecule has 0 unspecified atom stereocenters. The van der Waals surface area contributed by atoms with Crippen LogP contribution in [-0.4, -0.2) is 13.1 Å². The Hall–Kier alpha value is -0.790. The van der Waals surface area contributed by atoms with E-state index in [0.717, 1.165) is 17.9 Å². The highest BCUT2D eigenvalue weighted by molar-refractivity contribution is 5.87. The van der Waals surface area contributed by atoms with E-state index in [1.165, 1.54) is 52.1 Å². The summed E-state index contributed by atoms with van der Waals surface area (Å²) in [5, 5.41) is 0. The lowest BCUT2D eigenvalue weighted by Gasteiger charge is -2.20. The van der Waals surface area contributed by atoms with Gasteiger partial charge in [-0.2, -0.15) is 0 Å². The number of unbranched alkanes of at least 4 members (excludes halogenated alkanes) is 1. The van der Waals surface area contributed by atoms with Crippen molar-refractivity contribution in [3.05, 3.63) is 11.6 Å². The first-order valence-corrected chi connectivity index (χ1v) is 6.49. The molecule has 2 nitrogen and oxygen atoms in total. The number of methoxy groups -OCH3 is 1. The number of allylic oxidation sites excluding steroid dienone is 1. The number of rotatable bonds is 5. The molecule has 0 amide bonds. The first kappa shape index (κ1) is 13.3. The molecule has 1 rings (SSSR count). The van der Waals surface area contributed by atoms with E-state index < -0.39 is 0 Å². The normalized spacial score (nSPS) is 18.5. The molecular weight excluding hydrogens is 200 g/mol. The third kappa shape index (κ3) is 4.82. The lowest BCUT2D eigenvalue weighted by Crippen LogP contribution is -2.05. The van der Waals surface area contributed by atoms with Crippen LogP contribution in [0.2, 0.25) is 0 Å². The summed E-state index contributed by atoms with van der Waals surface area (Å²) < 4.78 is 4.65. The fraction of sp³-hybridized carbons (Fsp3) is 0.786. The first-order chi connectivity index (χ1) is 7.74. The summed E-state index contributed by atoms with van der Waals surface area (Å²) in [6, 6.07) is 0. The zero-order valence-corrected chi connectivity index (χ0v) is 10.6. The van der Waals surface area contributed by atoms with Crippen LogP contribution in [-0.2, 0) is 9.53 Å². The molecule has 2 heteroatoms. The topological polar surface area (TPSA) is 26.3 Å². The van der Waals surface area contributed by atoms with E-state index in [-0.39, 0.29) is 5.97 Å². The number of carbonyl (C=O) groups is 1. The van der Waals surface area contributed by atoms with Crippen LogP contribution in [0.1, 0.15) is 58.3 Å². The van der Waals surface area contributed by atoms with Crippen molar-refractivity contribution in [2.24, 2.45) is 5.92 Å². The minimum absolute atomic E-state index is 0.197. The predicted molar refractivity (Wildman–Crippen MR) is 66.2 cm³/mol. The highest BCUT2D eigenvalue weighted by atomic mass is 16.5. The Balaban J connectivity index is 2.12. The third-order valence-corrected chi connectivity index (χ3v) is 3.50. The number of carbonyl (C=O) groups excluding carboxylic acids is 1. The molecule has 0 aliphatic heterocycles. The molecule has 0 bridgehead atoms. The number of ether oxygens (including phenoxy) is 1. The second-order valence-corrected chi connectivity index (χ2v) is 4.81. The molecule has 0 radical (unpaired) electrons. The van der Waals surface area contributed by atoms with Crippen LogP contribution < -0.4 is 0 Å². The Labute approximate surface area is 99.1 Å². The fourth-order valence-electron chi connectivity index (χ4n) is 2.45. The molecule has 0 N–H and O–H groups in total. The van der Waals surface area contributed by atoms with E-state index in [2.05, 4.69) is 4.74 Å². The van der Waals surface area contributed by atoms with Gasteiger partial charge in [0.2, 0.25) is 0 Å². The molecule has 0 aromatic rings. The van der Waals surface area contributed by atoms with Gasteiger partial charge in [0.1, 0.15) is 0 Å². The molecule has 0 aromatic carbocycles. The quantitative estimate of drug-likeness (QED) is 0.403. The maximum absolute atomic E-state index is 11.1. The van der Waals surface area contributed by atoms with Gasteiger partial charge in [0.15, 0.2) is 0 Å². The molecule has 1 fully saturated rings. The summed E-state index contributed by atoms with van der Waals surface area (Å²) >= 11 is 0. The van der Waals surface area contributed by atoms with Gasteiger partial charge in [-0.15, -0.1) is 0 Å². The van der Waals surface area contributed by atoms with Gasteiger partial charge in [0, 0.05) is 5.57 Å². The van der Waals surface area contributed by atoms with Crippen LogP contribution >= 0.6 is 0 Å². The molecule has 1 aliphatic rings. The Kier molecular flexibility index (Phi) is 6.20. The van der Waals surface area contributed by atoms with Crippen LogP contribution in [0.15, 0.2) is 11.6 Å². The van der Waals surface area contributed by atoms with Gasteiger partial charge in [0.25, 0.3) is 0 Å². The van der Waals surface area contributed by atoms with E-state index in [0.29, 0.717) is 0 Å². The molecule has 0 saturated heterocycles. The molecule has 0 atom stereocenters. The fourth-order valence-corrected chi connectivity index (χ4v) is 2.45. The molecule has 92 valence electrons. The zero-order valence-electron chi connectivity index (χ0n) is 10.6. The molecule has 0 aromatic heterocycles. The Morgan fingerprint density at radius 2 is 2.00 bits per heavy atom. The van der Waals surface area contributed by atoms with Gasteiger partial charge < -0.3 is 4.74 Å². The van der Waals surface area contributed by atoms with Gasteiger partial charge in [0.05, 0.1) is 7.11 Å². The predicted octanol–water partition coefficient (Wildman–Crippen LogP) is 3.86. The van der Waals surface area contributed by atoms with Crippen LogP contribution in [0.4, 0.5) is 0 Å². The third-order valence-electron chi connectivity index (χ3n) is 3.50.